The van der Waals surface area contributed by atoms with Gasteiger partial charge in [-0.15, -0.1) is 0 Å². The molecule has 1 aliphatic heterocycles. The average Bonchev–Trinajstić information content (AvgIpc) is 2.99. The Morgan fingerprint density at radius 2 is 1.90 bits per heavy atom. The molecule has 13 heteroatoms. The van der Waals surface area contributed by atoms with Crippen molar-refractivity contribution in [3.8, 4) is 5.75 Å². The lowest BCUT2D eigenvalue weighted by atomic mass is 10.1. The number of amides is 1. The van der Waals surface area contributed by atoms with Crippen LogP contribution in [0, 0.1) is 20.2 Å². The minimum Gasteiger partial charge on any atom is -0.502 e. The summed E-state index contributed by atoms with van der Waals surface area (Å²) in [7, 11) is 0. The molecule has 3 rings (SSSR count). The second-order valence-electron chi connectivity index (χ2n) is 5.47. The quantitative estimate of drug-likeness (QED) is 0.394. The number of phenolic OH excluding ortho intramolecular Hbond substituents is 1. The molecule has 2 aromatic rings. The van der Waals surface area contributed by atoms with E-state index in [2.05, 4.69) is 10.3 Å². The predicted molar refractivity (Wildman–Crippen MR) is 109 cm³/mol. The van der Waals surface area contributed by atoms with E-state index in [9.17, 15) is 30.1 Å². The van der Waals surface area contributed by atoms with E-state index in [0.717, 1.165) is 23.9 Å². The maximum Gasteiger partial charge on any atom is 0.318 e. The SMILES string of the molecule is O=C1NC(=Nc2cccc(Cl)c2Cl)S/C1=C\c1cc([N+](=O)[O-])cc([N+](=O)[O-])c1O. The molecule has 1 heterocycles. The van der Waals surface area contributed by atoms with Crippen molar-refractivity contribution in [2.45, 2.75) is 0 Å². The van der Waals surface area contributed by atoms with E-state index >= 15 is 0 Å². The third kappa shape index (κ3) is 4.31. The second-order valence-corrected chi connectivity index (χ2v) is 7.29. The van der Waals surface area contributed by atoms with Gasteiger partial charge in [0.25, 0.3) is 11.6 Å². The molecule has 2 N–H and O–H groups in total. The number of carbonyl (C=O) groups excluding carboxylic acids is 1. The molecular formula is C16H8Cl2N4O6S. The first-order valence-corrected chi connectivity index (χ1v) is 9.14. The molecule has 0 bridgehead atoms. The number of nitro benzene ring substituents is 2. The number of benzene rings is 2. The number of aliphatic imine (C=N–C) groups is 1. The summed E-state index contributed by atoms with van der Waals surface area (Å²) in [4.78, 5) is 36.6. The van der Waals surface area contributed by atoms with E-state index in [0.29, 0.717) is 11.8 Å². The number of hydrogen-bond donors (Lipinski definition) is 2. The highest BCUT2D eigenvalue weighted by molar-refractivity contribution is 8.18. The Hall–Kier alpha value is -3.15. The minimum absolute atomic E-state index is 0.00648. The van der Waals surface area contributed by atoms with Crippen molar-refractivity contribution in [2.75, 3.05) is 0 Å². The molecule has 2 aromatic carbocycles. The number of rotatable bonds is 4. The summed E-state index contributed by atoms with van der Waals surface area (Å²) < 4.78 is 0. The van der Waals surface area contributed by atoms with Gasteiger partial charge in [-0.3, -0.25) is 25.0 Å². The Bertz CT molecular complexity index is 1130. The molecule has 1 amide bonds. The Balaban J connectivity index is 2.00. The van der Waals surface area contributed by atoms with E-state index < -0.39 is 32.9 Å². The third-order valence-electron chi connectivity index (χ3n) is 3.60. The van der Waals surface area contributed by atoms with E-state index in [1.807, 2.05) is 0 Å². The van der Waals surface area contributed by atoms with E-state index in [-0.39, 0.29) is 25.7 Å². The van der Waals surface area contributed by atoms with Gasteiger partial charge in [0.15, 0.2) is 5.17 Å². The normalized spacial score (nSPS) is 16.3. The summed E-state index contributed by atoms with van der Waals surface area (Å²) in [6.45, 7) is 0. The maximum absolute atomic E-state index is 12.2. The maximum atomic E-state index is 12.2. The van der Waals surface area contributed by atoms with Gasteiger partial charge < -0.3 is 10.4 Å². The molecule has 0 radical (unpaired) electrons. The van der Waals surface area contributed by atoms with Crippen molar-refractivity contribution in [3.63, 3.8) is 0 Å². The molecule has 0 saturated carbocycles. The number of halogens is 2. The van der Waals surface area contributed by atoms with Crippen LogP contribution in [0.5, 0.6) is 5.75 Å². The lowest BCUT2D eigenvalue weighted by molar-refractivity contribution is -0.394. The van der Waals surface area contributed by atoms with Crippen LogP contribution in [0.25, 0.3) is 6.08 Å². The lowest BCUT2D eigenvalue weighted by Gasteiger charge is -2.02. The zero-order chi connectivity index (χ0) is 21.3. The topological polar surface area (TPSA) is 148 Å². The van der Waals surface area contributed by atoms with Crippen LogP contribution in [0.1, 0.15) is 5.56 Å². The van der Waals surface area contributed by atoms with Crippen molar-refractivity contribution in [2.24, 2.45) is 4.99 Å². The molecule has 10 nitrogen and oxygen atoms in total. The third-order valence-corrected chi connectivity index (χ3v) is 5.32. The highest BCUT2D eigenvalue weighted by Crippen LogP contribution is 2.38. The van der Waals surface area contributed by atoms with Crippen LogP contribution < -0.4 is 5.32 Å². The summed E-state index contributed by atoms with van der Waals surface area (Å²) in [5.41, 5.74) is -1.42. The van der Waals surface area contributed by atoms with E-state index in [4.69, 9.17) is 23.2 Å². The van der Waals surface area contributed by atoms with Gasteiger partial charge >= 0.3 is 5.69 Å². The standard InChI is InChI=1S/C16H8Cl2N4O6S/c17-9-2-1-3-10(13(9)18)19-16-20-15(24)12(29-16)5-7-4-8(21(25)26)6-11(14(7)23)22(27)28/h1-6,23H,(H,19,20,24)/b12-5-. The summed E-state index contributed by atoms with van der Waals surface area (Å²) in [5, 5.41) is 35.2. The van der Waals surface area contributed by atoms with Gasteiger partial charge in [-0.05, 0) is 30.0 Å². The molecular weight excluding hydrogens is 447 g/mol. The average molecular weight is 455 g/mol. The first-order valence-electron chi connectivity index (χ1n) is 7.56. The fourth-order valence-electron chi connectivity index (χ4n) is 2.29. The Morgan fingerprint density at radius 3 is 2.55 bits per heavy atom. The van der Waals surface area contributed by atoms with Crippen LogP contribution in [-0.4, -0.2) is 26.0 Å². The molecule has 0 spiro atoms. The van der Waals surface area contributed by atoms with Gasteiger partial charge in [0.2, 0.25) is 5.75 Å². The van der Waals surface area contributed by atoms with Gasteiger partial charge in [0.1, 0.15) is 0 Å². The smallest absolute Gasteiger partial charge is 0.318 e. The van der Waals surface area contributed by atoms with Crippen LogP contribution in [-0.2, 0) is 4.79 Å². The van der Waals surface area contributed by atoms with Gasteiger partial charge in [0.05, 0.1) is 36.6 Å². The van der Waals surface area contributed by atoms with Crippen LogP contribution in [0.4, 0.5) is 17.1 Å². The van der Waals surface area contributed by atoms with Gasteiger partial charge in [0, 0.05) is 11.6 Å². The number of aromatic hydroxyl groups is 1. The zero-order valence-corrected chi connectivity index (χ0v) is 16.3. The largest absolute Gasteiger partial charge is 0.502 e. The van der Waals surface area contributed by atoms with Crippen LogP contribution in [0.2, 0.25) is 10.0 Å². The number of phenols is 1. The van der Waals surface area contributed by atoms with E-state index in [1.165, 1.54) is 0 Å². The monoisotopic (exact) mass is 454 g/mol. The number of carbonyl (C=O) groups is 1. The summed E-state index contributed by atoms with van der Waals surface area (Å²) >= 11 is 12.8. The number of nitro groups is 2. The number of amidine groups is 1. The first kappa shape index (κ1) is 20.6. The van der Waals surface area contributed by atoms with Crippen molar-refractivity contribution in [1.82, 2.24) is 5.32 Å². The molecule has 148 valence electrons. The zero-order valence-electron chi connectivity index (χ0n) is 14.0. The molecule has 29 heavy (non-hydrogen) atoms. The molecule has 0 aromatic heterocycles. The molecule has 1 aliphatic rings. The van der Waals surface area contributed by atoms with Crippen molar-refractivity contribution >= 4 is 69.2 Å². The van der Waals surface area contributed by atoms with Gasteiger partial charge in [-0.25, -0.2) is 4.99 Å². The molecule has 0 aliphatic carbocycles. The predicted octanol–water partition coefficient (Wildman–Crippen LogP) is 4.41. The Labute approximate surface area is 176 Å². The Kier molecular flexibility index (Phi) is 5.73. The summed E-state index contributed by atoms with van der Waals surface area (Å²) in [6.07, 6.45) is 1.09. The Morgan fingerprint density at radius 1 is 1.17 bits per heavy atom. The highest BCUT2D eigenvalue weighted by Gasteiger charge is 2.27. The number of non-ortho nitro benzene ring substituents is 1. The van der Waals surface area contributed by atoms with Crippen molar-refractivity contribution in [3.05, 3.63) is 71.1 Å². The summed E-state index contributed by atoms with van der Waals surface area (Å²) in [5.74, 6) is -1.41. The molecule has 0 unspecified atom stereocenters. The highest BCUT2D eigenvalue weighted by atomic mass is 35.5. The number of hydrogen-bond acceptors (Lipinski definition) is 8. The van der Waals surface area contributed by atoms with Gasteiger partial charge in [-0.2, -0.15) is 0 Å². The van der Waals surface area contributed by atoms with Crippen molar-refractivity contribution < 1.29 is 19.7 Å². The van der Waals surface area contributed by atoms with Crippen LogP contribution in [0.3, 0.4) is 0 Å². The molecule has 1 saturated heterocycles. The number of nitrogens with zero attached hydrogens (tertiary/aromatic N) is 3. The second kappa shape index (κ2) is 8.07. The number of nitrogens with one attached hydrogen (secondary N) is 1. The number of thioether (sulfide) groups is 1. The minimum atomic E-state index is -0.958. The summed E-state index contributed by atoms with van der Waals surface area (Å²) in [6, 6.07) is 6.31. The lowest BCUT2D eigenvalue weighted by Crippen LogP contribution is -2.19. The van der Waals surface area contributed by atoms with E-state index in [1.54, 1.807) is 18.2 Å². The van der Waals surface area contributed by atoms with Crippen LogP contribution >= 0.6 is 35.0 Å². The molecule has 1 fully saturated rings. The fourth-order valence-corrected chi connectivity index (χ4v) is 3.45. The first-order chi connectivity index (χ1) is 13.7. The van der Waals surface area contributed by atoms with Crippen molar-refractivity contribution in [1.29, 1.82) is 0 Å². The fraction of sp³-hybridized carbons (Fsp3) is 0. The van der Waals surface area contributed by atoms with Crippen LogP contribution in [0.15, 0.2) is 40.2 Å². The molecule has 0 atom stereocenters. The van der Waals surface area contributed by atoms with Gasteiger partial charge in [-0.1, -0.05) is 29.3 Å².